The van der Waals surface area contributed by atoms with Gasteiger partial charge in [0, 0.05) is 25.4 Å². The van der Waals surface area contributed by atoms with Crippen molar-refractivity contribution >= 4 is 11.5 Å². The quantitative estimate of drug-likeness (QED) is 0.811. The second-order valence-corrected chi connectivity index (χ2v) is 4.37. The lowest BCUT2D eigenvalue weighted by Crippen LogP contribution is -2.28. The van der Waals surface area contributed by atoms with Crippen LogP contribution in [0.2, 0.25) is 0 Å². The first-order valence-electron chi connectivity index (χ1n) is 6.49. The van der Waals surface area contributed by atoms with Crippen molar-refractivity contribution in [3.63, 3.8) is 0 Å². The molecule has 2 rings (SSSR count). The molecule has 0 aromatic carbocycles. The molecule has 0 saturated carbocycles. The minimum atomic E-state index is -0.0205. The Morgan fingerprint density at radius 3 is 2.61 bits per heavy atom. The topological polar surface area (TPSA) is 37.6 Å². The highest BCUT2D eigenvalue weighted by atomic mass is 16.1. The van der Waals surface area contributed by atoms with Crippen LogP contribution in [0.15, 0.2) is 35.3 Å². The monoisotopic (exact) mass is 245 g/mol. The van der Waals surface area contributed by atoms with E-state index >= 15 is 0 Å². The third-order valence-electron chi connectivity index (χ3n) is 2.87. The van der Waals surface area contributed by atoms with Gasteiger partial charge in [-0.2, -0.15) is 0 Å². The molecule has 0 aliphatic rings. The molecule has 0 amide bonds. The van der Waals surface area contributed by atoms with E-state index in [4.69, 9.17) is 0 Å². The van der Waals surface area contributed by atoms with Gasteiger partial charge in [0.05, 0.1) is 0 Å². The Morgan fingerprint density at radius 2 is 1.94 bits per heavy atom. The van der Waals surface area contributed by atoms with E-state index < -0.39 is 0 Å². The minimum Gasteiger partial charge on any atom is -0.356 e. The summed E-state index contributed by atoms with van der Waals surface area (Å²) in [5.41, 5.74) is 0.685. The number of rotatable bonds is 5. The molecule has 0 unspecified atom stereocenters. The molecule has 0 aliphatic carbocycles. The number of fused-ring (bicyclic) bond motifs is 1. The largest absolute Gasteiger partial charge is 0.356 e. The average Bonchev–Trinajstić information content (AvgIpc) is 2.38. The maximum atomic E-state index is 12.0. The third kappa shape index (κ3) is 2.53. The zero-order valence-electron chi connectivity index (χ0n) is 11.0. The van der Waals surface area contributed by atoms with E-state index in [-0.39, 0.29) is 5.56 Å². The van der Waals surface area contributed by atoms with Gasteiger partial charge in [-0.05, 0) is 25.0 Å². The van der Waals surface area contributed by atoms with Crippen molar-refractivity contribution in [1.29, 1.82) is 0 Å². The van der Waals surface area contributed by atoms with Gasteiger partial charge in [0.25, 0.3) is 5.56 Å². The summed E-state index contributed by atoms with van der Waals surface area (Å²) in [5, 5.41) is 0. The summed E-state index contributed by atoms with van der Waals surface area (Å²) in [6.07, 6.45) is 3.85. The Morgan fingerprint density at radius 1 is 1.22 bits per heavy atom. The van der Waals surface area contributed by atoms with E-state index in [0.717, 1.165) is 31.7 Å². The summed E-state index contributed by atoms with van der Waals surface area (Å²) < 4.78 is 1.57. The van der Waals surface area contributed by atoms with Gasteiger partial charge in [0.15, 0.2) is 0 Å². The first-order chi connectivity index (χ1) is 8.76. The Labute approximate surface area is 107 Å². The van der Waals surface area contributed by atoms with Gasteiger partial charge in [0.2, 0.25) is 0 Å². The fourth-order valence-corrected chi connectivity index (χ4v) is 2.08. The van der Waals surface area contributed by atoms with E-state index in [1.54, 1.807) is 16.7 Å². The smallest absolute Gasteiger partial charge is 0.259 e. The lowest BCUT2D eigenvalue weighted by molar-refractivity contribution is 0.732. The molecule has 2 aromatic heterocycles. The molecule has 0 spiro atoms. The van der Waals surface area contributed by atoms with E-state index in [1.807, 2.05) is 18.2 Å². The molecule has 2 aromatic rings. The summed E-state index contributed by atoms with van der Waals surface area (Å²) in [4.78, 5) is 18.7. The Hall–Kier alpha value is -1.84. The van der Waals surface area contributed by atoms with Gasteiger partial charge in [-0.3, -0.25) is 9.20 Å². The van der Waals surface area contributed by atoms with Crippen LogP contribution in [0.1, 0.15) is 26.7 Å². The molecule has 18 heavy (non-hydrogen) atoms. The first kappa shape index (κ1) is 12.6. The molecule has 0 saturated heterocycles. The molecule has 2 heterocycles. The SMILES string of the molecule is CCCN(CCC)c1cc(=O)n2ccccc2n1. The molecule has 0 atom stereocenters. The molecular weight excluding hydrogens is 226 g/mol. The van der Waals surface area contributed by atoms with Gasteiger partial charge in [0.1, 0.15) is 11.5 Å². The van der Waals surface area contributed by atoms with Crippen LogP contribution in [0, 0.1) is 0 Å². The average molecular weight is 245 g/mol. The molecule has 4 heteroatoms. The molecule has 0 radical (unpaired) electrons. The second kappa shape index (κ2) is 5.67. The van der Waals surface area contributed by atoms with Crippen LogP contribution in [-0.4, -0.2) is 22.5 Å². The van der Waals surface area contributed by atoms with Crippen molar-refractivity contribution in [2.45, 2.75) is 26.7 Å². The van der Waals surface area contributed by atoms with E-state index in [0.29, 0.717) is 5.65 Å². The summed E-state index contributed by atoms with van der Waals surface area (Å²) in [5.74, 6) is 0.787. The zero-order chi connectivity index (χ0) is 13.0. The van der Waals surface area contributed by atoms with Gasteiger partial charge in [-0.1, -0.05) is 19.9 Å². The number of nitrogens with zero attached hydrogens (tertiary/aromatic N) is 3. The van der Waals surface area contributed by atoms with Crippen LogP contribution in [0.5, 0.6) is 0 Å². The van der Waals surface area contributed by atoms with Crippen LogP contribution >= 0.6 is 0 Å². The standard InChI is InChI=1S/C14H19N3O/c1-3-8-16(9-4-2)13-11-14(18)17-10-6-5-7-12(17)15-13/h5-7,10-11H,3-4,8-9H2,1-2H3. The lowest BCUT2D eigenvalue weighted by atomic mass is 10.3. The van der Waals surface area contributed by atoms with Gasteiger partial charge in [-0.15, -0.1) is 0 Å². The van der Waals surface area contributed by atoms with E-state index in [2.05, 4.69) is 23.7 Å². The number of hydrogen-bond donors (Lipinski definition) is 0. The fourth-order valence-electron chi connectivity index (χ4n) is 2.08. The maximum absolute atomic E-state index is 12.0. The molecule has 0 bridgehead atoms. The maximum Gasteiger partial charge on any atom is 0.259 e. The summed E-state index contributed by atoms with van der Waals surface area (Å²) >= 11 is 0. The molecule has 0 N–H and O–H groups in total. The number of anilines is 1. The number of pyridine rings is 1. The van der Waals surface area contributed by atoms with E-state index in [1.165, 1.54) is 0 Å². The van der Waals surface area contributed by atoms with Crippen LogP contribution in [0.3, 0.4) is 0 Å². The zero-order valence-corrected chi connectivity index (χ0v) is 11.0. The van der Waals surface area contributed by atoms with Crippen LogP contribution < -0.4 is 10.5 Å². The van der Waals surface area contributed by atoms with Crippen molar-refractivity contribution in [3.05, 3.63) is 40.8 Å². The van der Waals surface area contributed by atoms with Gasteiger partial charge in [-0.25, -0.2) is 4.98 Å². The predicted octanol–water partition coefficient (Wildman–Crippen LogP) is 2.32. The van der Waals surface area contributed by atoms with Crippen LogP contribution in [-0.2, 0) is 0 Å². The molecule has 4 nitrogen and oxygen atoms in total. The van der Waals surface area contributed by atoms with E-state index in [9.17, 15) is 4.79 Å². The summed E-state index contributed by atoms with van der Waals surface area (Å²) in [6.45, 7) is 6.14. The van der Waals surface area contributed by atoms with Crippen molar-refractivity contribution < 1.29 is 0 Å². The number of aromatic nitrogens is 2. The summed E-state index contributed by atoms with van der Waals surface area (Å²) in [6, 6.07) is 7.22. The fraction of sp³-hybridized carbons (Fsp3) is 0.429. The van der Waals surface area contributed by atoms with Gasteiger partial charge >= 0.3 is 0 Å². The highest BCUT2D eigenvalue weighted by Crippen LogP contribution is 2.11. The van der Waals surface area contributed by atoms with Gasteiger partial charge < -0.3 is 4.90 Å². The lowest BCUT2D eigenvalue weighted by Gasteiger charge is -2.22. The molecule has 0 aliphatic heterocycles. The molecular formula is C14H19N3O. The highest BCUT2D eigenvalue weighted by Gasteiger charge is 2.08. The van der Waals surface area contributed by atoms with Crippen molar-refractivity contribution in [3.8, 4) is 0 Å². The number of hydrogen-bond acceptors (Lipinski definition) is 3. The normalized spacial score (nSPS) is 10.8. The Bertz CT molecular complexity index is 571. The molecule has 96 valence electrons. The van der Waals surface area contributed by atoms with Crippen molar-refractivity contribution in [1.82, 2.24) is 9.38 Å². The van der Waals surface area contributed by atoms with Crippen LogP contribution in [0.4, 0.5) is 5.82 Å². The van der Waals surface area contributed by atoms with Crippen molar-refractivity contribution in [2.24, 2.45) is 0 Å². The second-order valence-electron chi connectivity index (χ2n) is 4.37. The summed E-state index contributed by atoms with van der Waals surface area (Å²) in [7, 11) is 0. The van der Waals surface area contributed by atoms with Crippen molar-refractivity contribution in [2.75, 3.05) is 18.0 Å². The first-order valence-corrected chi connectivity index (χ1v) is 6.49. The Kier molecular flexibility index (Phi) is 3.97. The molecule has 0 fully saturated rings. The predicted molar refractivity (Wildman–Crippen MR) is 74.3 cm³/mol. The Balaban J connectivity index is 2.47. The third-order valence-corrected chi connectivity index (χ3v) is 2.87. The highest BCUT2D eigenvalue weighted by molar-refractivity contribution is 5.47. The van der Waals surface area contributed by atoms with Crippen LogP contribution in [0.25, 0.3) is 5.65 Å². The minimum absolute atomic E-state index is 0.0205.